The summed E-state index contributed by atoms with van der Waals surface area (Å²) >= 11 is 0. The molecule has 0 aliphatic heterocycles. The first-order valence-corrected chi connectivity index (χ1v) is 6.30. The van der Waals surface area contributed by atoms with E-state index in [1.54, 1.807) is 6.33 Å². The number of H-pyrrole nitrogens is 1. The number of hydrogen-bond donors (Lipinski definition) is 3. The van der Waals surface area contributed by atoms with Gasteiger partial charge in [0.15, 0.2) is 0 Å². The molecule has 2 rings (SSSR count). The van der Waals surface area contributed by atoms with Gasteiger partial charge >= 0.3 is 0 Å². The van der Waals surface area contributed by atoms with Crippen molar-refractivity contribution in [2.24, 2.45) is 5.73 Å². The molecule has 0 unspecified atom stereocenters. The second-order valence-electron chi connectivity index (χ2n) is 4.40. The first kappa shape index (κ1) is 13.3. The van der Waals surface area contributed by atoms with Gasteiger partial charge in [-0.1, -0.05) is 30.3 Å². The Morgan fingerprint density at radius 2 is 2.16 bits per heavy atom. The Labute approximate surface area is 112 Å². The summed E-state index contributed by atoms with van der Waals surface area (Å²) in [5.74, 6) is -0.126. The van der Waals surface area contributed by atoms with E-state index in [0.29, 0.717) is 19.4 Å². The molecule has 0 aliphatic carbocycles. The second kappa shape index (κ2) is 6.70. The van der Waals surface area contributed by atoms with Crippen LogP contribution in [-0.2, 0) is 17.6 Å². The molecule has 0 radical (unpaired) electrons. The van der Waals surface area contributed by atoms with Crippen LogP contribution in [0.4, 0.5) is 0 Å². The minimum Gasteiger partial charge on any atom is -0.354 e. The minimum absolute atomic E-state index is 0.126. The number of carbonyl (C=O) groups is 1. The lowest BCUT2D eigenvalue weighted by molar-refractivity contribution is -0.122. The van der Waals surface area contributed by atoms with Gasteiger partial charge < -0.3 is 16.0 Å². The van der Waals surface area contributed by atoms with Crippen molar-refractivity contribution >= 4 is 5.91 Å². The Balaban J connectivity index is 1.73. The molecule has 1 atom stereocenters. The average molecular weight is 258 g/mol. The van der Waals surface area contributed by atoms with Crippen LogP contribution in [0.5, 0.6) is 0 Å². The molecule has 2 aromatic rings. The maximum absolute atomic E-state index is 11.8. The van der Waals surface area contributed by atoms with Crippen molar-refractivity contribution in [1.82, 2.24) is 15.3 Å². The number of aromatic nitrogens is 2. The average Bonchev–Trinajstić information content (AvgIpc) is 2.93. The van der Waals surface area contributed by atoms with Crippen molar-refractivity contribution in [3.8, 4) is 0 Å². The van der Waals surface area contributed by atoms with Crippen LogP contribution in [0.1, 0.15) is 11.3 Å². The topological polar surface area (TPSA) is 83.8 Å². The fourth-order valence-corrected chi connectivity index (χ4v) is 1.83. The van der Waals surface area contributed by atoms with E-state index in [0.717, 1.165) is 11.3 Å². The fraction of sp³-hybridized carbons (Fsp3) is 0.286. The SMILES string of the molecule is N[C@@H](Cc1ccccc1)C(=O)NCCc1c[nH]cn1. The maximum Gasteiger partial charge on any atom is 0.237 e. The molecular formula is C14H18N4O. The molecule has 19 heavy (non-hydrogen) atoms. The van der Waals surface area contributed by atoms with E-state index < -0.39 is 6.04 Å². The molecule has 1 aromatic heterocycles. The van der Waals surface area contributed by atoms with Gasteiger partial charge in [-0.3, -0.25) is 4.79 Å². The van der Waals surface area contributed by atoms with Crippen molar-refractivity contribution in [3.63, 3.8) is 0 Å². The molecule has 0 saturated carbocycles. The third kappa shape index (κ3) is 4.22. The number of nitrogens with zero attached hydrogens (tertiary/aromatic N) is 1. The van der Waals surface area contributed by atoms with Crippen LogP contribution in [0.25, 0.3) is 0 Å². The van der Waals surface area contributed by atoms with E-state index in [2.05, 4.69) is 15.3 Å². The van der Waals surface area contributed by atoms with Crippen molar-refractivity contribution in [3.05, 3.63) is 54.1 Å². The molecule has 1 aromatic carbocycles. The van der Waals surface area contributed by atoms with Gasteiger partial charge in [0.05, 0.1) is 18.1 Å². The van der Waals surface area contributed by atoms with Crippen molar-refractivity contribution in [2.45, 2.75) is 18.9 Å². The smallest absolute Gasteiger partial charge is 0.237 e. The van der Waals surface area contributed by atoms with Gasteiger partial charge in [0.1, 0.15) is 0 Å². The molecular weight excluding hydrogens is 240 g/mol. The first-order chi connectivity index (χ1) is 9.25. The predicted octanol–water partition coefficient (Wildman–Crippen LogP) is 0.638. The lowest BCUT2D eigenvalue weighted by atomic mass is 10.1. The van der Waals surface area contributed by atoms with E-state index in [1.807, 2.05) is 36.5 Å². The number of aromatic amines is 1. The van der Waals surface area contributed by atoms with E-state index >= 15 is 0 Å². The predicted molar refractivity (Wildman–Crippen MR) is 73.4 cm³/mol. The number of nitrogens with one attached hydrogen (secondary N) is 2. The Morgan fingerprint density at radius 3 is 2.84 bits per heavy atom. The van der Waals surface area contributed by atoms with Crippen LogP contribution in [0, 0.1) is 0 Å². The highest BCUT2D eigenvalue weighted by Crippen LogP contribution is 2.01. The first-order valence-electron chi connectivity index (χ1n) is 6.30. The Bertz CT molecular complexity index is 495. The molecule has 100 valence electrons. The molecule has 5 nitrogen and oxygen atoms in total. The zero-order chi connectivity index (χ0) is 13.5. The number of benzene rings is 1. The summed E-state index contributed by atoms with van der Waals surface area (Å²) in [6.07, 6.45) is 4.69. The fourth-order valence-electron chi connectivity index (χ4n) is 1.83. The van der Waals surface area contributed by atoms with Crippen LogP contribution < -0.4 is 11.1 Å². The normalized spacial score (nSPS) is 12.1. The zero-order valence-corrected chi connectivity index (χ0v) is 10.7. The number of rotatable bonds is 6. The van der Waals surface area contributed by atoms with Gasteiger partial charge in [0.25, 0.3) is 0 Å². The molecule has 0 bridgehead atoms. The highest BCUT2D eigenvalue weighted by atomic mass is 16.2. The third-order valence-corrected chi connectivity index (χ3v) is 2.87. The number of hydrogen-bond acceptors (Lipinski definition) is 3. The third-order valence-electron chi connectivity index (χ3n) is 2.87. The van der Waals surface area contributed by atoms with E-state index in [-0.39, 0.29) is 5.91 Å². The molecule has 1 heterocycles. The van der Waals surface area contributed by atoms with Gasteiger partial charge in [-0.2, -0.15) is 0 Å². The zero-order valence-electron chi connectivity index (χ0n) is 10.7. The molecule has 5 heteroatoms. The summed E-state index contributed by atoms with van der Waals surface area (Å²) in [4.78, 5) is 18.8. The number of carbonyl (C=O) groups excluding carboxylic acids is 1. The quantitative estimate of drug-likeness (QED) is 0.711. The standard InChI is InChI=1S/C14H18N4O/c15-13(8-11-4-2-1-3-5-11)14(19)17-7-6-12-9-16-10-18-12/h1-5,9-10,13H,6-8,15H2,(H,16,18)(H,17,19)/t13-/m0/s1. The number of nitrogens with two attached hydrogens (primary N) is 1. The van der Waals surface area contributed by atoms with Crippen LogP contribution in [0.2, 0.25) is 0 Å². The van der Waals surface area contributed by atoms with E-state index in [1.165, 1.54) is 0 Å². The van der Waals surface area contributed by atoms with Gasteiger partial charge in [-0.05, 0) is 12.0 Å². The van der Waals surface area contributed by atoms with Gasteiger partial charge in [0.2, 0.25) is 5.91 Å². The largest absolute Gasteiger partial charge is 0.354 e. The summed E-state index contributed by atoms with van der Waals surface area (Å²) in [7, 11) is 0. The van der Waals surface area contributed by atoms with E-state index in [9.17, 15) is 4.79 Å². The second-order valence-corrected chi connectivity index (χ2v) is 4.40. The summed E-state index contributed by atoms with van der Waals surface area (Å²) in [6, 6.07) is 9.25. The Morgan fingerprint density at radius 1 is 1.37 bits per heavy atom. The highest BCUT2D eigenvalue weighted by Gasteiger charge is 2.13. The minimum atomic E-state index is -0.512. The van der Waals surface area contributed by atoms with Crippen LogP contribution in [0.15, 0.2) is 42.9 Å². The lowest BCUT2D eigenvalue weighted by Crippen LogP contribution is -2.42. The number of amides is 1. The highest BCUT2D eigenvalue weighted by molar-refractivity contribution is 5.81. The Kier molecular flexibility index (Phi) is 4.69. The summed E-state index contributed by atoms with van der Waals surface area (Å²) in [5, 5.41) is 2.82. The Hall–Kier alpha value is -2.14. The van der Waals surface area contributed by atoms with Gasteiger partial charge in [-0.25, -0.2) is 4.98 Å². The molecule has 0 aliphatic rings. The molecule has 1 amide bonds. The van der Waals surface area contributed by atoms with Gasteiger partial charge in [0, 0.05) is 19.2 Å². The van der Waals surface area contributed by atoms with Crippen molar-refractivity contribution in [2.75, 3.05) is 6.54 Å². The molecule has 0 saturated heterocycles. The molecule has 0 fully saturated rings. The van der Waals surface area contributed by atoms with Crippen LogP contribution in [0.3, 0.4) is 0 Å². The van der Waals surface area contributed by atoms with E-state index in [4.69, 9.17) is 5.73 Å². The van der Waals surface area contributed by atoms with Gasteiger partial charge in [-0.15, -0.1) is 0 Å². The number of imidazole rings is 1. The van der Waals surface area contributed by atoms with Crippen molar-refractivity contribution < 1.29 is 4.79 Å². The lowest BCUT2D eigenvalue weighted by Gasteiger charge is -2.11. The van der Waals surface area contributed by atoms with Crippen LogP contribution in [-0.4, -0.2) is 28.5 Å². The van der Waals surface area contributed by atoms with Crippen molar-refractivity contribution in [1.29, 1.82) is 0 Å². The molecule has 0 spiro atoms. The maximum atomic E-state index is 11.8. The summed E-state index contributed by atoms with van der Waals surface area (Å²) in [6.45, 7) is 0.548. The molecule has 4 N–H and O–H groups in total. The monoisotopic (exact) mass is 258 g/mol. The van der Waals surface area contributed by atoms with Crippen LogP contribution >= 0.6 is 0 Å². The summed E-state index contributed by atoms with van der Waals surface area (Å²) in [5.41, 5.74) is 7.87. The summed E-state index contributed by atoms with van der Waals surface area (Å²) < 4.78 is 0.